The van der Waals surface area contributed by atoms with Gasteiger partial charge in [0.05, 0.1) is 7.11 Å². The van der Waals surface area contributed by atoms with E-state index in [4.69, 9.17) is 9.15 Å². The third-order valence-corrected chi connectivity index (χ3v) is 4.04. The van der Waals surface area contributed by atoms with Gasteiger partial charge in [0.2, 0.25) is 11.9 Å². The highest BCUT2D eigenvalue weighted by molar-refractivity contribution is 5.89. The van der Waals surface area contributed by atoms with Crippen molar-refractivity contribution in [2.24, 2.45) is 0 Å². The van der Waals surface area contributed by atoms with Crippen molar-refractivity contribution in [1.82, 2.24) is 9.97 Å². The molecule has 3 rings (SSSR count). The highest BCUT2D eigenvalue weighted by atomic mass is 16.5. The molecular weight excluding hydrogens is 330 g/mol. The summed E-state index contributed by atoms with van der Waals surface area (Å²) in [6.45, 7) is 3.88. The molecule has 0 aliphatic heterocycles. The third-order valence-electron chi connectivity index (χ3n) is 4.04. The van der Waals surface area contributed by atoms with Gasteiger partial charge >= 0.3 is 0 Å². The van der Waals surface area contributed by atoms with E-state index in [1.807, 2.05) is 44.2 Å². The molecule has 0 aliphatic carbocycles. The fraction of sp³-hybridized carbons (Fsp3) is 0.250. The first kappa shape index (κ1) is 17.7. The topological polar surface area (TPSA) is 77.2 Å². The molecule has 0 unspecified atom stereocenters. The molecule has 3 aromatic rings. The summed E-state index contributed by atoms with van der Waals surface area (Å²) >= 11 is 0. The number of carbonyl (C=O) groups excluding carboxylic acids is 1. The number of furan rings is 1. The summed E-state index contributed by atoms with van der Waals surface area (Å²) in [5.74, 6) is 2.59. The number of amides is 1. The molecule has 2 heterocycles. The van der Waals surface area contributed by atoms with Gasteiger partial charge in [-0.1, -0.05) is 6.07 Å². The SMILES string of the molecule is COc1ccc(-c2cnc(NC(=O)CCc3ccc(C)o3)nc2)c(C)c1. The summed E-state index contributed by atoms with van der Waals surface area (Å²) in [6, 6.07) is 9.59. The molecule has 1 amide bonds. The van der Waals surface area contributed by atoms with Crippen LogP contribution in [0.1, 0.15) is 23.5 Å². The second-order valence-corrected chi connectivity index (χ2v) is 6.04. The Hall–Kier alpha value is -3.15. The maximum Gasteiger partial charge on any atom is 0.229 e. The number of hydrogen-bond donors (Lipinski definition) is 1. The van der Waals surface area contributed by atoms with Gasteiger partial charge in [-0.3, -0.25) is 10.1 Å². The first-order valence-corrected chi connectivity index (χ1v) is 8.37. The fourth-order valence-electron chi connectivity index (χ4n) is 2.66. The molecule has 1 aromatic carbocycles. The van der Waals surface area contributed by atoms with Crippen molar-refractivity contribution in [1.29, 1.82) is 0 Å². The smallest absolute Gasteiger partial charge is 0.229 e. The zero-order valence-corrected chi connectivity index (χ0v) is 15.1. The Kier molecular flexibility index (Phi) is 5.31. The van der Waals surface area contributed by atoms with Gasteiger partial charge < -0.3 is 9.15 Å². The summed E-state index contributed by atoms with van der Waals surface area (Å²) in [7, 11) is 1.64. The first-order valence-electron chi connectivity index (χ1n) is 8.37. The second-order valence-electron chi connectivity index (χ2n) is 6.04. The molecule has 6 nitrogen and oxygen atoms in total. The maximum absolute atomic E-state index is 12.0. The lowest BCUT2D eigenvalue weighted by Gasteiger charge is -2.08. The lowest BCUT2D eigenvalue weighted by atomic mass is 10.0. The second kappa shape index (κ2) is 7.82. The van der Waals surface area contributed by atoms with Crippen molar-refractivity contribution in [2.45, 2.75) is 26.7 Å². The van der Waals surface area contributed by atoms with Crippen LogP contribution in [0.4, 0.5) is 5.95 Å². The number of aromatic nitrogens is 2. The number of nitrogens with zero attached hydrogens (tertiary/aromatic N) is 2. The van der Waals surface area contributed by atoms with Gasteiger partial charge in [0.15, 0.2) is 0 Å². The summed E-state index contributed by atoms with van der Waals surface area (Å²) < 4.78 is 10.7. The molecule has 0 saturated carbocycles. The average molecular weight is 351 g/mol. The number of benzene rings is 1. The van der Waals surface area contributed by atoms with E-state index >= 15 is 0 Å². The van der Waals surface area contributed by atoms with Crippen LogP contribution in [0.15, 0.2) is 47.1 Å². The zero-order valence-electron chi connectivity index (χ0n) is 15.1. The Labute approximate surface area is 152 Å². The predicted molar refractivity (Wildman–Crippen MR) is 99.2 cm³/mol. The van der Waals surface area contributed by atoms with Crippen LogP contribution in [0.2, 0.25) is 0 Å². The lowest BCUT2D eigenvalue weighted by Crippen LogP contribution is -2.14. The minimum Gasteiger partial charge on any atom is -0.497 e. The largest absolute Gasteiger partial charge is 0.497 e. The van der Waals surface area contributed by atoms with Crippen molar-refractivity contribution >= 4 is 11.9 Å². The first-order chi connectivity index (χ1) is 12.5. The highest BCUT2D eigenvalue weighted by Crippen LogP contribution is 2.26. The number of ether oxygens (including phenoxy) is 1. The predicted octanol–water partition coefficient (Wildman–Crippen LogP) is 3.93. The van der Waals surface area contributed by atoms with Crippen LogP contribution in [0.25, 0.3) is 11.1 Å². The van der Waals surface area contributed by atoms with Crippen molar-refractivity contribution in [2.75, 3.05) is 12.4 Å². The van der Waals surface area contributed by atoms with Crippen LogP contribution < -0.4 is 10.1 Å². The van der Waals surface area contributed by atoms with Gasteiger partial charge in [0, 0.05) is 30.8 Å². The molecule has 2 aromatic heterocycles. The van der Waals surface area contributed by atoms with Crippen LogP contribution in [0.3, 0.4) is 0 Å². The van der Waals surface area contributed by atoms with Crippen LogP contribution in [-0.4, -0.2) is 23.0 Å². The van der Waals surface area contributed by atoms with Crippen LogP contribution in [0, 0.1) is 13.8 Å². The van der Waals surface area contributed by atoms with Gasteiger partial charge in [0.1, 0.15) is 17.3 Å². The molecule has 26 heavy (non-hydrogen) atoms. The molecule has 1 N–H and O–H groups in total. The summed E-state index contributed by atoms with van der Waals surface area (Å²) in [5.41, 5.74) is 2.98. The molecule has 0 spiro atoms. The monoisotopic (exact) mass is 351 g/mol. The molecule has 0 radical (unpaired) electrons. The minimum absolute atomic E-state index is 0.146. The fourth-order valence-corrected chi connectivity index (χ4v) is 2.66. The third kappa shape index (κ3) is 4.27. The number of anilines is 1. The van der Waals surface area contributed by atoms with Crippen molar-refractivity contribution < 1.29 is 13.9 Å². The summed E-state index contributed by atoms with van der Waals surface area (Å²) in [4.78, 5) is 20.5. The number of hydrogen-bond acceptors (Lipinski definition) is 5. The molecule has 0 fully saturated rings. The van der Waals surface area contributed by atoms with E-state index in [1.165, 1.54) is 0 Å². The number of carbonyl (C=O) groups is 1. The summed E-state index contributed by atoms with van der Waals surface area (Å²) in [6.07, 6.45) is 4.26. The number of aryl methyl sites for hydroxylation is 3. The van der Waals surface area contributed by atoms with Crippen LogP contribution in [0.5, 0.6) is 5.75 Å². The standard InChI is InChI=1S/C20H21N3O3/c1-13-10-17(25-3)6-8-18(13)15-11-21-20(22-12-15)23-19(24)9-7-16-5-4-14(2)26-16/h4-6,8,10-12H,7,9H2,1-3H3,(H,21,22,23,24). The van der Waals surface area contributed by atoms with E-state index in [9.17, 15) is 4.79 Å². The molecular formula is C20H21N3O3. The Morgan fingerprint density at radius 1 is 1.15 bits per heavy atom. The minimum atomic E-state index is -0.146. The Morgan fingerprint density at radius 2 is 1.92 bits per heavy atom. The normalized spacial score (nSPS) is 10.6. The van der Waals surface area contributed by atoms with Gasteiger partial charge in [0.25, 0.3) is 0 Å². The van der Waals surface area contributed by atoms with E-state index in [0.717, 1.165) is 34.0 Å². The van der Waals surface area contributed by atoms with Crippen LogP contribution >= 0.6 is 0 Å². The van der Waals surface area contributed by atoms with E-state index in [0.29, 0.717) is 18.8 Å². The van der Waals surface area contributed by atoms with Gasteiger partial charge in [-0.05, 0) is 49.2 Å². The zero-order chi connectivity index (χ0) is 18.5. The maximum atomic E-state index is 12.0. The molecule has 0 aliphatic rings. The molecule has 0 saturated heterocycles. The Morgan fingerprint density at radius 3 is 2.54 bits per heavy atom. The van der Waals surface area contributed by atoms with E-state index in [-0.39, 0.29) is 5.91 Å². The summed E-state index contributed by atoms with van der Waals surface area (Å²) in [5, 5.41) is 2.71. The number of rotatable bonds is 6. The molecule has 6 heteroatoms. The van der Waals surface area contributed by atoms with E-state index in [2.05, 4.69) is 15.3 Å². The van der Waals surface area contributed by atoms with Crippen molar-refractivity contribution in [3.8, 4) is 16.9 Å². The molecule has 0 bridgehead atoms. The number of nitrogens with one attached hydrogen (secondary N) is 1. The quantitative estimate of drug-likeness (QED) is 0.728. The van der Waals surface area contributed by atoms with Gasteiger partial charge in [-0.25, -0.2) is 9.97 Å². The van der Waals surface area contributed by atoms with Gasteiger partial charge in [-0.2, -0.15) is 0 Å². The Balaban J connectivity index is 1.61. The van der Waals surface area contributed by atoms with E-state index < -0.39 is 0 Å². The molecule has 0 atom stereocenters. The van der Waals surface area contributed by atoms with Crippen molar-refractivity contribution in [3.05, 3.63) is 59.8 Å². The lowest BCUT2D eigenvalue weighted by molar-refractivity contribution is -0.116. The average Bonchev–Trinajstić information content (AvgIpc) is 3.06. The number of methoxy groups -OCH3 is 1. The highest BCUT2D eigenvalue weighted by Gasteiger charge is 2.09. The van der Waals surface area contributed by atoms with Crippen LogP contribution in [-0.2, 0) is 11.2 Å². The van der Waals surface area contributed by atoms with Crippen molar-refractivity contribution in [3.63, 3.8) is 0 Å². The van der Waals surface area contributed by atoms with E-state index in [1.54, 1.807) is 19.5 Å². The molecule has 134 valence electrons. The van der Waals surface area contributed by atoms with Gasteiger partial charge in [-0.15, -0.1) is 0 Å². The Bertz CT molecular complexity index is 901.